The van der Waals surface area contributed by atoms with Gasteiger partial charge in [-0.05, 0) is 49.8 Å². The summed E-state index contributed by atoms with van der Waals surface area (Å²) in [4.78, 5) is 14.8. The number of amides is 1. The van der Waals surface area contributed by atoms with Gasteiger partial charge in [-0.15, -0.1) is 12.4 Å². The van der Waals surface area contributed by atoms with Crippen molar-refractivity contribution in [3.8, 4) is 5.75 Å². The van der Waals surface area contributed by atoms with Crippen molar-refractivity contribution in [1.82, 2.24) is 4.90 Å². The van der Waals surface area contributed by atoms with Crippen LogP contribution in [0.15, 0.2) is 24.3 Å². The molecule has 122 valence electrons. The Balaban J connectivity index is 0.00000176. The molecule has 1 aliphatic carbocycles. The van der Waals surface area contributed by atoms with Crippen LogP contribution < -0.4 is 10.5 Å². The summed E-state index contributed by atoms with van der Waals surface area (Å²) in [6.07, 6.45) is 4.89. The number of nitrogens with two attached hydrogens (primary N) is 1. The predicted octanol–water partition coefficient (Wildman–Crippen LogP) is 2.91. The first-order valence-corrected chi connectivity index (χ1v) is 7.89. The Kier molecular flexibility index (Phi) is 5.70. The molecule has 22 heavy (non-hydrogen) atoms. The quantitative estimate of drug-likeness (QED) is 0.930. The van der Waals surface area contributed by atoms with Gasteiger partial charge in [-0.3, -0.25) is 4.79 Å². The molecule has 2 fully saturated rings. The summed E-state index contributed by atoms with van der Waals surface area (Å²) in [6, 6.07) is 8.50. The van der Waals surface area contributed by atoms with Gasteiger partial charge in [0, 0.05) is 18.5 Å². The van der Waals surface area contributed by atoms with Gasteiger partial charge in [0.25, 0.3) is 0 Å². The summed E-state index contributed by atoms with van der Waals surface area (Å²) in [6.45, 7) is 0.868. The van der Waals surface area contributed by atoms with Crippen LogP contribution in [0.1, 0.15) is 43.7 Å². The first kappa shape index (κ1) is 17.1. The van der Waals surface area contributed by atoms with Gasteiger partial charge in [-0.1, -0.05) is 12.1 Å². The molecule has 1 aromatic rings. The number of rotatable bonds is 3. The van der Waals surface area contributed by atoms with Gasteiger partial charge in [0.2, 0.25) is 5.91 Å². The number of hydrogen-bond acceptors (Lipinski definition) is 3. The molecule has 3 atom stereocenters. The van der Waals surface area contributed by atoms with Crippen LogP contribution >= 0.6 is 12.4 Å². The van der Waals surface area contributed by atoms with Crippen molar-refractivity contribution >= 4 is 18.3 Å². The van der Waals surface area contributed by atoms with E-state index in [1.807, 2.05) is 12.1 Å². The highest BCUT2D eigenvalue weighted by Crippen LogP contribution is 2.36. The molecule has 4 nitrogen and oxygen atoms in total. The summed E-state index contributed by atoms with van der Waals surface area (Å²) in [7, 11) is 1.68. The second-order valence-corrected chi connectivity index (χ2v) is 6.24. The molecule has 2 N–H and O–H groups in total. The fraction of sp³-hybridized carbons (Fsp3) is 0.588. The normalized spacial score (nSPS) is 27.5. The van der Waals surface area contributed by atoms with E-state index in [1.165, 1.54) is 5.56 Å². The first-order valence-electron chi connectivity index (χ1n) is 7.89. The predicted molar refractivity (Wildman–Crippen MR) is 89.2 cm³/mol. The van der Waals surface area contributed by atoms with Gasteiger partial charge in [0.1, 0.15) is 5.75 Å². The summed E-state index contributed by atoms with van der Waals surface area (Å²) >= 11 is 0. The smallest absolute Gasteiger partial charge is 0.226 e. The zero-order valence-corrected chi connectivity index (χ0v) is 13.8. The lowest BCUT2D eigenvalue weighted by Gasteiger charge is -2.28. The second-order valence-electron chi connectivity index (χ2n) is 6.24. The lowest BCUT2D eigenvalue weighted by Crippen LogP contribution is -2.35. The van der Waals surface area contributed by atoms with Crippen molar-refractivity contribution in [2.75, 3.05) is 13.7 Å². The van der Waals surface area contributed by atoms with Gasteiger partial charge in [0.05, 0.1) is 13.2 Å². The molecule has 0 bridgehead atoms. The van der Waals surface area contributed by atoms with Crippen LogP contribution in [0.5, 0.6) is 5.75 Å². The van der Waals surface area contributed by atoms with Gasteiger partial charge in [0.15, 0.2) is 0 Å². The summed E-state index contributed by atoms with van der Waals surface area (Å²) in [5.41, 5.74) is 7.14. The number of benzene rings is 1. The minimum atomic E-state index is 0. The van der Waals surface area contributed by atoms with E-state index in [-0.39, 0.29) is 30.4 Å². The zero-order chi connectivity index (χ0) is 14.8. The third kappa shape index (κ3) is 3.39. The molecule has 0 radical (unpaired) electrons. The largest absolute Gasteiger partial charge is 0.497 e. The summed E-state index contributed by atoms with van der Waals surface area (Å²) in [5, 5.41) is 0. The Bertz CT molecular complexity index is 523. The topological polar surface area (TPSA) is 55.6 Å². The van der Waals surface area contributed by atoms with Crippen LogP contribution in [-0.4, -0.2) is 30.5 Å². The Hall–Kier alpha value is -1.26. The van der Waals surface area contributed by atoms with Gasteiger partial charge < -0.3 is 15.4 Å². The standard InChI is InChI=1S/C17H24N2O2.ClH/c1-21-15-5-2-4-12(11-15)16-6-3-9-19(16)17(20)13-7-8-14(18)10-13;/h2,4-5,11,13-14,16H,3,6-10,18H2,1H3;1H. The number of methoxy groups -OCH3 is 1. The van der Waals surface area contributed by atoms with E-state index in [0.29, 0.717) is 5.91 Å². The van der Waals surface area contributed by atoms with E-state index in [9.17, 15) is 4.79 Å². The van der Waals surface area contributed by atoms with E-state index in [1.54, 1.807) is 7.11 Å². The number of hydrogen-bond donors (Lipinski definition) is 1. The molecular weight excluding hydrogens is 300 g/mol. The monoisotopic (exact) mass is 324 g/mol. The van der Waals surface area contributed by atoms with Crippen molar-refractivity contribution in [2.45, 2.75) is 44.2 Å². The number of ether oxygens (including phenoxy) is 1. The Labute approximate surface area is 138 Å². The van der Waals surface area contributed by atoms with E-state index >= 15 is 0 Å². The molecular formula is C17H25ClN2O2. The number of carbonyl (C=O) groups is 1. The Morgan fingerprint density at radius 1 is 1.32 bits per heavy atom. The molecule has 1 amide bonds. The minimum Gasteiger partial charge on any atom is -0.497 e. The highest BCUT2D eigenvalue weighted by molar-refractivity contribution is 5.85. The first-order chi connectivity index (χ1) is 10.2. The Morgan fingerprint density at radius 2 is 2.14 bits per heavy atom. The van der Waals surface area contributed by atoms with Crippen LogP contribution in [0.2, 0.25) is 0 Å². The molecule has 1 saturated heterocycles. The second kappa shape index (κ2) is 7.34. The van der Waals surface area contributed by atoms with Crippen LogP contribution in [0.25, 0.3) is 0 Å². The SMILES string of the molecule is COc1cccc(C2CCCN2C(=O)C2CCC(N)C2)c1.Cl. The molecule has 0 spiro atoms. The molecule has 1 aliphatic heterocycles. The van der Waals surface area contributed by atoms with E-state index in [2.05, 4.69) is 17.0 Å². The fourth-order valence-electron chi connectivity index (χ4n) is 3.70. The van der Waals surface area contributed by atoms with Crippen LogP contribution in [0, 0.1) is 5.92 Å². The third-order valence-electron chi connectivity index (χ3n) is 4.84. The average molecular weight is 325 g/mol. The van der Waals surface area contributed by atoms with Crippen LogP contribution in [0.3, 0.4) is 0 Å². The van der Waals surface area contributed by atoms with Crippen molar-refractivity contribution in [3.05, 3.63) is 29.8 Å². The van der Waals surface area contributed by atoms with Crippen molar-refractivity contribution in [1.29, 1.82) is 0 Å². The van der Waals surface area contributed by atoms with Crippen molar-refractivity contribution < 1.29 is 9.53 Å². The van der Waals surface area contributed by atoms with Gasteiger partial charge in [-0.25, -0.2) is 0 Å². The fourth-order valence-corrected chi connectivity index (χ4v) is 3.70. The van der Waals surface area contributed by atoms with Crippen molar-refractivity contribution in [3.63, 3.8) is 0 Å². The van der Waals surface area contributed by atoms with Gasteiger partial charge in [-0.2, -0.15) is 0 Å². The Morgan fingerprint density at radius 3 is 2.82 bits per heavy atom. The molecule has 3 unspecified atom stereocenters. The average Bonchev–Trinajstić information content (AvgIpc) is 3.15. The molecule has 1 saturated carbocycles. The summed E-state index contributed by atoms with van der Waals surface area (Å²) < 4.78 is 5.30. The number of carbonyl (C=O) groups excluding carboxylic acids is 1. The van der Waals surface area contributed by atoms with Gasteiger partial charge >= 0.3 is 0 Å². The zero-order valence-electron chi connectivity index (χ0n) is 13.0. The number of halogens is 1. The third-order valence-corrected chi connectivity index (χ3v) is 4.84. The lowest BCUT2D eigenvalue weighted by molar-refractivity contribution is -0.136. The lowest BCUT2D eigenvalue weighted by atomic mass is 10.0. The highest BCUT2D eigenvalue weighted by atomic mass is 35.5. The number of likely N-dealkylation sites (tertiary alicyclic amines) is 1. The number of nitrogens with zero attached hydrogens (tertiary/aromatic N) is 1. The van der Waals surface area contributed by atoms with E-state index in [0.717, 1.165) is 44.4 Å². The maximum absolute atomic E-state index is 12.8. The molecule has 0 aromatic heterocycles. The maximum Gasteiger partial charge on any atom is 0.226 e. The van der Waals surface area contributed by atoms with Crippen LogP contribution in [-0.2, 0) is 4.79 Å². The van der Waals surface area contributed by atoms with Crippen LogP contribution in [0.4, 0.5) is 0 Å². The van der Waals surface area contributed by atoms with E-state index in [4.69, 9.17) is 10.5 Å². The molecule has 1 heterocycles. The maximum atomic E-state index is 12.8. The molecule has 1 aromatic carbocycles. The highest BCUT2D eigenvalue weighted by Gasteiger charge is 2.36. The molecule has 2 aliphatic rings. The molecule has 5 heteroatoms. The molecule has 3 rings (SSSR count). The minimum absolute atomic E-state index is 0. The van der Waals surface area contributed by atoms with E-state index < -0.39 is 0 Å². The summed E-state index contributed by atoms with van der Waals surface area (Å²) in [5.74, 6) is 1.29. The van der Waals surface area contributed by atoms with Crippen molar-refractivity contribution in [2.24, 2.45) is 11.7 Å².